The Hall–Kier alpha value is -0.660. The van der Waals surface area contributed by atoms with E-state index in [4.69, 9.17) is 5.11 Å². The predicted octanol–water partition coefficient (Wildman–Crippen LogP) is -0.810. The van der Waals surface area contributed by atoms with E-state index in [1.807, 2.05) is 0 Å². The number of rotatable bonds is 5. The molecule has 6 nitrogen and oxygen atoms in total. The molecule has 0 amide bonds. The lowest BCUT2D eigenvalue weighted by Crippen LogP contribution is -2.48. The van der Waals surface area contributed by atoms with Crippen molar-refractivity contribution < 1.29 is 18.3 Å². The topological polar surface area (TPSA) is 95.5 Å². The Morgan fingerprint density at radius 3 is 2.29 bits per heavy atom. The van der Waals surface area contributed by atoms with E-state index in [1.165, 1.54) is 0 Å². The first-order chi connectivity index (χ1) is 6.44. The highest BCUT2D eigenvalue weighted by molar-refractivity contribution is 7.87. The summed E-state index contributed by atoms with van der Waals surface area (Å²) < 4.78 is 27.3. The minimum atomic E-state index is -3.64. The Labute approximate surface area is 81.9 Å². The van der Waals surface area contributed by atoms with Gasteiger partial charge in [-0.25, -0.2) is 0 Å². The van der Waals surface area contributed by atoms with Gasteiger partial charge in [-0.1, -0.05) is 0 Å². The summed E-state index contributed by atoms with van der Waals surface area (Å²) in [6, 6.07) is -0.00269. The van der Waals surface area contributed by atoms with Crippen LogP contribution in [0.1, 0.15) is 25.7 Å². The van der Waals surface area contributed by atoms with E-state index in [0.29, 0.717) is 12.8 Å². The number of carboxylic acid groups (broad SMARTS) is 1. The molecule has 3 N–H and O–H groups in total. The number of hydrogen-bond donors (Lipinski definition) is 3. The van der Waals surface area contributed by atoms with E-state index in [0.717, 1.165) is 12.8 Å². The van der Waals surface area contributed by atoms with Crippen molar-refractivity contribution in [1.29, 1.82) is 0 Å². The molecule has 0 radical (unpaired) electrons. The molecular weight excluding hydrogens is 208 g/mol. The summed E-state index contributed by atoms with van der Waals surface area (Å²) in [5.74, 6) is -1.10. The van der Waals surface area contributed by atoms with Crippen LogP contribution in [0.5, 0.6) is 0 Å². The summed E-state index contributed by atoms with van der Waals surface area (Å²) in [5.41, 5.74) is -1.24. The van der Waals surface area contributed by atoms with Crippen LogP contribution in [-0.2, 0) is 15.0 Å². The fourth-order valence-corrected chi connectivity index (χ4v) is 2.73. The molecule has 0 aromatic carbocycles. The van der Waals surface area contributed by atoms with E-state index in [9.17, 15) is 13.2 Å². The lowest BCUT2D eigenvalue weighted by molar-refractivity contribution is -0.140. The first kappa shape index (κ1) is 9.88. The molecular formula is C7H12N2O4S. The Bertz CT molecular complexity index is 356. The highest BCUT2D eigenvalue weighted by atomic mass is 32.2. The van der Waals surface area contributed by atoms with Gasteiger partial charge in [-0.3, -0.25) is 4.79 Å². The van der Waals surface area contributed by atoms with Crippen LogP contribution in [0.2, 0.25) is 0 Å². The quantitative estimate of drug-likeness (QED) is 0.564. The number of aliphatic carboxylic acids is 1. The van der Waals surface area contributed by atoms with Crippen LogP contribution in [0, 0.1) is 0 Å². The van der Waals surface area contributed by atoms with Gasteiger partial charge in [-0.2, -0.15) is 17.9 Å². The third-order valence-corrected chi connectivity index (χ3v) is 3.69. The first-order valence-electron chi connectivity index (χ1n) is 4.48. The van der Waals surface area contributed by atoms with Crippen LogP contribution in [0.4, 0.5) is 0 Å². The van der Waals surface area contributed by atoms with Crippen LogP contribution >= 0.6 is 0 Å². The van der Waals surface area contributed by atoms with Crippen molar-refractivity contribution >= 4 is 16.2 Å². The number of carbonyl (C=O) groups is 1. The average Bonchev–Trinajstić information content (AvgIpc) is 2.84. The fourth-order valence-electron chi connectivity index (χ4n) is 1.19. The fraction of sp³-hybridized carbons (Fsp3) is 0.857. The van der Waals surface area contributed by atoms with Gasteiger partial charge >= 0.3 is 5.97 Å². The first-order valence-corrected chi connectivity index (χ1v) is 5.96. The smallest absolute Gasteiger partial charge is 0.324 e. The van der Waals surface area contributed by atoms with Crippen molar-refractivity contribution in [3.8, 4) is 0 Å². The zero-order chi connectivity index (χ0) is 10.4. The molecule has 0 bridgehead atoms. The third kappa shape index (κ3) is 2.05. The lowest BCUT2D eigenvalue weighted by Gasteiger charge is -2.12. The molecule has 0 saturated heterocycles. The van der Waals surface area contributed by atoms with Gasteiger partial charge in [0, 0.05) is 6.04 Å². The summed E-state index contributed by atoms with van der Waals surface area (Å²) in [5, 5.41) is 8.76. The number of hydrogen-bond acceptors (Lipinski definition) is 3. The largest absolute Gasteiger partial charge is 0.480 e. The minimum Gasteiger partial charge on any atom is -0.480 e. The molecule has 0 aromatic rings. The Kier molecular flexibility index (Phi) is 2.06. The summed E-state index contributed by atoms with van der Waals surface area (Å²) in [6.45, 7) is 0. The predicted molar refractivity (Wildman–Crippen MR) is 47.8 cm³/mol. The maximum Gasteiger partial charge on any atom is 0.324 e. The van der Waals surface area contributed by atoms with Crippen molar-refractivity contribution in [3.05, 3.63) is 0 Å². The van der Waals surface area contributed by atoms with Gasteiger partial charge in [-0.15, -0.1) is 0 Å². The monoisotopic (exact) mass is 220 g/mol. The molecule has 0 heterocycles. The molecule has 2 saturated carbocycles. The second-order valence-electron chi connectivity index (χ2n) is 3.88. The maximum atomic E-state index is 11.4. The summed E-state index contributed by atoms with van der Waals surface area (Å²) in [7, 11) is -3.64. The molecule has 2 aliphatic carbocycles. The molecule has 2 aliphatic rings. The van der Waals surface area contributed by atoms with Crippen LogP contribution in [0.3, 0.4) is 0 Å². The van der Waals surface area contributed by atoms with Crippen LogP contribution in [0.25, 0.3) is 0 Å². The standard InChI is InChI=1S/C7H12N2O4S/c10-6(11)7(3-4-7)9-14(12,13)8-5-1-2-5/h5,8-9H,1-4H2,(H,10,11). The van der Waals surface area contributed by atoms with Crippen LogP contribution in [-0.4, -0.2) is 31.1 Å². The number of nitrogens with one attached hydrogen (secondary N) is 2. The Morgan fingerprint density at radius 2 is 1.93 bits per heavy atom. The molecule has 80 valence electrons. The van der Waals surface area contributed by atoms with Gasteiger partial charge < -0.3 is 5.11 Å². The van der Waals surface area contributed by atoms with E-state index >= 15 is 0 Å². The van der Waals surface area contributed by atoms with Gasteiger partial charge in [0.15, 0.2) is 0 Å². The van der Waals surface area contributed by atoms with Crippen molar-refractivity contribution in [2.45, 2.75) is 37.3 Å². The zero-order valence-electron chi connectivity index (χ0n) is 7.49. The number of carboxylic acids is 1. The maximum absolute atomic E-state index is 11.4. The molecule has 0 atom stereocenters. The van der Waals surface area contributed by atoms with Crippen molar-refractivity contribution in [1.82, 2.24) is 9.44 Å². The van der Waals surface area contributed by atoms with Gasteiger partial charge in [0.2, 0.25) is 0 Å². The Morgan fingerprint density at radius 1 is 1.36 bits per heavy atom. The van der Waals surface area contributed by atoms with Crippen LogP contribution < -0.4 is 9.44 Å². The van der Waals surface area contributed by atoms with E-state index in [2.05, 4.69) is 9.44 Å². The van der Waals surface area contributed by atoms with Crippen LogP contribution in [0.15, 0.2) is 0 Å². The highest BCUT2D eigenvalue weighted by Gasteiger charge is 2.53. The van der Waals surface area contributed by atoms with Gasteiger partial charge in [0.1, 0.15) is 5.54 Å². The van der Waals surface area contributed by atoms with Gasteiger partial charge in [0.25, 0.3) is 10.2 Å². The lowest BCUT2D eigenvalue weighted by atomic mass is 10.3. The summed E-state index contributed by atoms with van der Waals surface area (Å²) in [6.07, 6.45) is 2.41. The molecule has 0 aliphatic heterocycles. The summed E-state index contributed by atoms with van der Waals surface area (Å²) in [4.78, 5) is 10.7. The van der Waals surface area contributed by atoms with Crippen molar-refractivity contribution in [2.75, 3.05) is 0 Å². The second-order valence-corrected chi connectivity index (χ2v) is 5.33. The second kappa shape index (κ2) is 2.91. The molecule has 0 aromatic heterocycles. The molecule has 14 heavy (non-hydrogen) atoms. The highest BCUT2D eigenvalue weighted by Crippen LogP contribution is 2.36. The normalized spacial score (nSPS) is 24.6. The SMILES string of the molecule is O=C(O)C1(NS(=O)(=O)NC2CC2)CC1. The molecule has 2 rings (SSSR count). The Balaban J connectivity index is 1.98. The van der Waals surface area contributed by atoms with E-state index < -0.39 is 21.7 Å². The zero-order valence-corrected chi connectivity index (χ0v) is 8.30. The van der Waals surface area contributed by atoms with Crippen molar-refractivity contribution in [3.63, 3.8) is 0 Å². The third-order valence-electron chi connectivity index (χ3n) is 2.39. The van der Waals surface area contributed by atoms with Gasteiger partial charge in [-0.05, 0) is 25.7 Å². The molecule has 0 spiro atoms. The van der Waals surface area contributed by atoms with E-state index in [1.54, 1.807) is 0 Å². The molecule has 2 fully saturated rings. The minimum absolute atomic E-state index is 0.00269. The van der Waals surface area contributed by atoms with Gasteiger partial charge in [0.05, 0.1) is 0 Å². The van der Waals surface area contributed by atoms with Crippen molar-refractivity contribution in [2.24, 2.45) is 0 Å². The average molecular weight is 220 g/mol. The summed E-state index contributed by atoms with van der Waals surface area (Å²) >= 11 is 0. The van der Waals surface area contributed by atoms with E-state index in [-0.39, 0.29) is 6.04 Å². The molecule has 0 unspecified atom stereocenters. The molecule has 7 heteroatoms.